The van der Waals surface area contributed by atoms with Crippen molar-refractivity contribution in [3.63, 3.8) is 0 Å². The summed E-state index contributed by atoms with van der Waals surface area (Å²) in [6, 6.07) is -0.908. The number of unbranched alkanes of at least 4 members (excludes halogenated alkanes) is 2. The zero-order chi connectivity index (χ0) is 30.4. The van der Waals surface area contributed by atoms with Crippen molar-refractivity contribution in [2.45, 2.75) is 91.0 Å². The molecule has 0 aliphatic carbocycles. The van der Waals surface area contributed by atoms with E-state index in [0.29, 0.717) is 24.2 Å². The second-order valence-corrected chi connectivity index (χ2v) is 12.7. The molecule has 2 N–H and O–H groups in total. The van der Waals surface area contributed by atoms with E-state index in [0.717, 1.165) is 117 Å². The summed E-state index contributed by atoms with van der Waals surface area (Å²) >= 11 is 0. The molecule has 0 aromatic carbocycles. The van der Waals surface area contributed by atoms with Crippen molar-refractivity contribution in [1.82, 2.24) is 5.32 Å². The lowest BCUT2D eigenvalue weighted by Gasteiger charge is -2.21. The molecular weight excluding hydrogens is 566 g/mol. The quantitative estimate of drug-likeness (QED) is 0.0698. The first-order valence-electron chi connectivity index (χ1n) is 15.5. The van der Waals surface area contributed by atoms with Crippen molar-refractivity contribution in [3.8, 4) is 0 Å². The lowest BCUT2D eigenvalue weighted by atomic mass is 9.96. The molecule has 3 atom stereocenters. The van der Waals surface area contributed by atoms with Crippen LogP contribution < -0.4 is 5.32 Å². The number of carboxylic acid groups (broad SMARTS) is 1. The standard InChI is InChI=1S/C30H59NO8S2/c1-5-35-18-10-8-14-26(16-12-20-37-7-3)22-39-23-27(15-9-11-19-36-6-2)17-13-21-38-24-29(32)31-28(30(33)34)25-41-40-4/h26-28H,5-25H2,1-4H3,(H,31,32)(H,33,34). The molecule has 0 saturated heterocycles. The van der Waals surface area contributed by atoms with E-state index in [1.807, 2.05) is 27.0 Å². The summed E-state index contributed by atoms with van der Waals surface area (Å²) in [6.07, 6.45) is 12.4. The van der Waals surface area contributed by atoms with Gasteiger partial charge in [0.15, 0.2) is 0 Å². The largest absolute Gasteiger partial charge is 0.480 e. The molecule has 0 rings (SSSR count). The maximum Gasteiger partial charge on any atom is 0.327 e. The van der Waals surface area contributed by atoms with Gasteiger partial charge in [0.1, 0.15) is 12.6 Å². The SMILES string of the molecule is CCOCCCCC(CCCOCC)COCC(CCCCOCC)CCCOCC(=O)NC(CSSC)C(=O)O. The molecule has 0 aliphatic heterocycles. The zero-order valence-corrected chi connectivity index (χ0v) is 27.8. The van der Waals surface area contributed by atoms with E-state index in [4.69, 9.17) is 23.7 Å². The van der Waals surface area contributed by atoms with E-state index in [1.165, 1.54) is 21.6 Å². The number of ether oxygens (including phenoxy) is 5. The molecule has 244 valence electrons. The van der Waals surface area contributed by atoms with E-state index < -0.39 is 17.9 Å². The fraction of sp³-hybridized carbons (Fsp3) is 0.933. The molecule has 0 aromatic rings. The van der Waals surface area contributed by atoms with Gasteiger partial charge in [-0.3, -0.25) is 4.79 Å². The Hall–Kier alpha value is -0.560. The van der Waals surface area contributed by atoms with E-state index in [1.54, 1.807) is 0 Å². The van der Waals surface area contributed by atoms with Gasteiger partial charge in [-0.2, -0.15) is 0 Å². The Morgan fingerprint density at radius 2 is 1.15 bits per heavy atom. The summed E-state index contributed by atoms with van der Waals surface area (Å²) in [6.45, 7) is 12.6. The molecule has 0 aliphatic rings. The molecule has 0 fully saturated rings. The fourth-order valence-electron chi connectivity index (χ4n) is 4.39. The first kappa shape index (κ1) is 40.4. The highest BCUT2D eigenvalue weighted by atomic mass is 33.1. The summed E-state index contributed by atoms with van der Waals surface area (Å²) in [4.78, 5) is 23.5. The molecule has 0 heterocycles. The predicted molar refractivity (Wildman–Crippen MR) is 170 cm³/mol. The van der Waals surface area contributed by atoms with Gasteiger partial charge in [0.2, 0.25) is 5.91 Å². The van der Waals surface area contributed by atoms with Crippen molar-refractivity contribution in [2.24, 2.45) is 11.8 Å². The van der Waals surface area contributed by atoms with Crippen molar-refractivity contribution < 1.29 is 38.4 Å². The van der Waals surface area contributed by atoms with Crippen molar-refractivity contribution >= 4 is 33.5 Å². The number of hydrogen-bond donors (Lipinski definition) is 2. The monoisotopic (exact) mass is 625 g/mol. The Labute approximate surface area is 257 Å². The number of hydrogen-bond acceptors (Lipinski definition) is 9. The molecule has 0 radical (unpaired) electrons. The van der Waals surface area contributed by atoms with Gasteiger partial charge in [-0.1, -0.05) is 34.4 Å². The molecule has 11 heteroatoms. The van der Waals surface area contributed by atoms with Crippen LogP contribution in [0.4, 0.5) is 0 Å². The van der Waals surface area contributed by atoms with Gasteiger partial charge in [-0.15, -0.1) is 0 Å². The normalized spacial score (nSPS) is 13.7. The minimum Gasteiger partial charge on any atom is -0.480 e. The van der Waals surface area contributed by atoms with Crippen LogP contribution in [0.1, 0.15) is 85.0 Å². The van der Waals surface area contributed by atoms with Gasteiger partial charge in [-0.05, 0) is 90.2 Å². The second kappa shape index (κ2) is 30.9. The summed E-state index contributed by atoms with van der Waals surface area (Å²) in [7, 11) is 2.87. The third kappa shape index (κ3) is 26.8. The molecule has 1 amide bonds. The molecule has 0 aromatic heterocycles. The molecular formula is C30H59NO8S2. The van der Waals surface area contributed by atoms with Crippen LogP contribution in [0, 0.1) is 11.8 Å². The van der Waals surface area contributed by atoms with Crippen LogP contribution >= 0.6 is 21.6 Å². The Bertz CT molecular complexity index is 603. The highest BCUT2D eigenvalue weighted by Gasteiger charge is 2.20. The Kier molecular flexibility index (Phi) is 30.5. The van der Waals surface area contributed by atoms with E-state index in [2.05, 4.69) is 5.32 Å². The fourth-order valence-corrected chi connectivity index (χ4v) is 5.71. The molecule has 0 saturated carbocycles. The molecule has 41 heavy (non-hydrogen) atoms. The first-order chi connectivity index (χ1) is 20.0. The number of nitrogens with one attached hydrogen (secondary N) is 1. The first-order valence-corrected chi connectivity index (χ1v) is 18.3. The highest BCUT2D eigenvalue weighted by molar-refractivity contribution is 8.76. The molecule has 3 unspecified atom stereocenters. The summed E-state index contributed by atoms with van der Waals surface area (Å²) in [5.41, 5.74) is 0. The van der Waals surface area contributed by atoms with Crippen molar-refractivity contribution in [1.29, 1.82) is 0 Å². The maximum atomic E-state index is 12.1. The van der Waals surface area contributed by atoms with Crippen LogP contribution in [-0.2, 0) is 33.3 Å². The number of carbonyl (C=O) groups excluding carboxylic acids is 1. The van der Waals surface area contributed by atoms with Gasteiger partial charge >= 0.3 is 5.97 Å². The average molecular weight is 626 g/mol. The van der Waals surface area contributed by atoms with E-state index in [-0.39, 0.29) is 6.61 Å². The lowest BCUT2D eigenvalue weighted by molar-refractivity contribution is -0.141. The lowest BCUT2D eigenvalue weighted by Crippen LogP contribution is -2.44. The minimum atomic E-state index is -1.03. The second-order valence-electron chi connectivity index (χ2n) is 10.1. The third-order valence-corrected chi connectivity index (χ3v) is 8.46. The average Bonchev–Trinajstić information content (AvgIpc) is 2.96. The number of amides is 1. The smallest absolute Gasteiger partial charge is 0.327 e. The molecule has 0 bridgehead atoms. The Morgan fingerprint density at radius 3 is 1.61 bits per heavy atom. The summed E-state index contributed by atoms with van der Waals surface area (Å²) in [5, 5.41) is 11.8. The van der Waals surface area contributed by atoms with Gasteiger partial charge in [0, 0.05) is 65.2 Å². The Balaban J connectivity index is 4.57. The van der Waals surface area contributed by atoms with Crippen LogP contribution in [0.2, 0.25) is 0 Å². The van der Waals surface area contributed by atoms with Crippen LogP contribution in [0.15, 0.2) is 0 Å². The number of carbonyl (C=O) groups is 2. The van der Waals surface area contributed by atoms with Crippen LogP contribution in [0.5, 0.6) is 0 Å². The Morgan fingerprint density at radius 1 is 0.683 bits per heavy atom. The van der Waals surface area contributed by atoms with E-state index in [9.17, 15) is 14.7 Å². The summed E-state index contributed by atoms with van der Waals surface area (Å²) in [5.74, 6) is -0.161. The topological polar surface area (TPSA) is 113 Å². The highest BCUT2D eigenvalue weighted by Crippen LogP contribution is 2.20. The van der Waals surface area contributed by atoms with Crippen LogP contribution in [0.3, 0.4) is 0 Å². The predicted octanol–water partition coefficient (Wildman–Crippen LogP) is 5.84. The van der Waals surface area contributed by atoms with Crippen molar-refractivity contribution in [3.05, 3.63) is 0 Å². The molecule has 0 spiro atoms. The number of aliphatic carboxylic acids is 1. The zero-order valence-electron chi connectivity index (χ0n) is 26.2. The third-order valence-electron chi connectivity index (χ3n) is 6.64. The number of carboxylic acids is 1. The summed E-state index contributed by atoms with van der Waals surface area (Å²) < 4.78 is 28.4. The minimum absolute atomic E-state index is 0.129. The number of rotatable bonds is 32. The van der Waals surface area contributed by atoms with Crippen LogP contribution in [-0.4, -0.2) is 101 Å². The van der Waals surface area contributed by atoms with Gasteiger partial charge in [-0.25, -0.2) is 4.79 Å². The van der Waals surface area contributed by atoms with E-state index >= 15 is 0 Å². The van der Waals surface area contributed by atoms with Gasteiger partial charge < -0.3 is 34.1 Å². The van der Waals surface area contributed by atoms with Crippen molar-refractivity contribution in [2.75, 3.05) is 78.1 Å². The van der Waals surface area contributed by atoms with Gasteiger partial charge in [0.25, 0.3) is 0 Å². The van der Waals surface area contributed by atoms with Gasteiger partial charge in [0.05, 0.1) is 0 Å². The van der Waals surface area contributed by atoms with Crippen LogP contribution in [0.25, 0.3) is 0 Å². The molecule has 9 nitrogen and oxygen atoms in total. The maximum absolute atomic E-state index is 12.1.